The normalized spacial score (nSPS) is 14.7. The summed E-state index contributed by atoms with van der Waals surface area (Å²) in [5.74, 6) is 2.31. The molecule has 1 aliphatic carbocycles. The van der Waals surface area contributed by atoms with Crippen LogP contribution < -0.4 is 5.73 Å². The third kappa shape index (κ3) is 11.3. The minimum atomic E-state index is -0.543. The van der Waals surface area contributed by atoms with Gasteiger partial charge in [-0.3, -0.25) is 4.99 Å². The van der Waals surface area contributed by atoms with Gasteiger partial charge in [-0.2, -0.15) is 0 Å². The maximum Gasteiger partial charge on any atom is 0.166 e. The number of allylic oxidation sites excluding steroid dienone is 2. The molecule has 0 saturated carbocycles. The number of aromatic nitrogens is 9. The van der Waals surface area contributed by atoms with Crippen LogP contribution in [-0.2, 0) is 6.54 Å². The summed E-state index contributed by atoms with van der Waals surface area (Å²) in [6.07, 6.45) is 2.61. The van der Waals surface area contributed by atoms with Crippen LogP contribution in [-0.4, -0.2) is 48.2 Å². The first-order valence-corrected chi connectivity index (χ1v) is 44.0. The molecular formula is C116H83N11. The summed E-state index contributed by atoms with van der Waals surface area (Å²) in [7, 11) is 0. The smallest absolute Gasteiger partial charge is 0.166 e. The number of fused-ring (bicyclic) bond motifs is 18. The van der Waals surface area contributed by atoms with Gasteiger partial charge in [-0.15, -0.1) is 0 Å². The highest BCUT2D eigenvalue weighted by atomic mass is 15.2. The summed E-state index contributed by atoms with van der Waals surface area (Å²) in [4.78, 5) is 21.7. The molecule has 25 rings (SSSR count). The molecule has 0 fully saturated rings. The Balaban J connectivity index is 0.695. The van der Waals surface area contributed by atoms with Gasteiger partial charge in [0.15, 0.2) is 17.5 Å². The number of aliphatic imine (C=N–C) groups is 1. The number of hydrogen-bond donors (Lipinski definition) is 1. The predicted molar refractivity (Wildman–Crippen MR) is 528 cm³/mol. The highest BCUT2D eigenvalue weighted by Crippen LogP contribution is 2.62. The van der Waals surface area contributed by atoms with E-state index in [1.165, 1.54) is 70.9 Å². The molecule has 2 N–H and O–H groups in total. The van der Waals surface area contributed by atoms with Gasteiger partial charge in [0.2, 0.25) is 0 Å². The van der Waals surface area contributed by atoms with E-state index in [2.05, 4.69) is 436 Å². The molecule has 7 aromatic heterocycles. The average Bonchev–Trinajstić information content (AvgIpc) is 1.58. The van der Waals surface area contributed by atoms with Gasteiger partial charge in [0, 0.05) is 121 Å². The Kier molecular flexibility index (Phi) is 16.8. The lowest BCUT2D eigenvalue weighted by Gasteiger charge is -2.53. The van der Waals surface area contributed by atoms with Crippen molar-refractivity contribution >= 4 is 142 Å². The maximum absolute atomic E-state index is 7.05. The molecule has 0 saturated heterocycles. The van der Waals surface area contributed by atoms with Gasteiger partial charge in [0.25, 0.3) is 0 Å². The van der Waals surface area contributed by atoms with Gasteiger partial charge < -0.3 is 33.1 Å². The molecule has 127 heavy (non-hydrogen) atoms. The topological polar surface area (TPSA) is 107 Å². The van der Waals surface area contributed by atoms with Crippen molar-refractivity contribution in [3.8, 4) is 73.5 Å². The third-order valence-electron chi connectivity index (χ3n) is 27.4. The minimum Gasteiger partial charge on any atom is -0.383 e. The lowest BCUT2D eigenvalue weighted by molar-refractivity contribution is 0.147. The quantitative estimate of drug-likeness (QED) is 0.0768. The fourth-order valence-electron chi connectivity index (χ4n) is 21.5. The summed E-state index contributed by atoms with van der Waals surface area (Å²) in [6.45, 7) is 7.70. The van der Waals surface area contributed by atoms with Crippen molar-refractivity contribution in [1.29, 1.82) is 0 Å². The molecule has 602 valence electrons. The fourth-order valence-corrected chi connectivity index (χ4v) is 21.5. The first-order chi connectivity index (χ1) is 62.7. The highest BCUT2D eigenvalue weighted by Gasteiger charge is 2.55. The number of hydrogen-bond acceptors (Lipinski definition) is 4. The van der Waals surface area contributed by atoms with Gasteiger partial charge in [-0.05, 0) is 138 Å². The molecule has 0 amide bonds. The molecule has 24 aromatic rings. The van der Waals surface area contributed by atoms with E-state index >= 15 is 0 Å². The van der Waals surface area contributed by atoms with E-state index in [9.17, 15) is 0 Å². The van der Waals surface area contributed by atoms with E-state index in [1.54, 1.807) is 0 Å². The summed E-state index contributed by atoms with van der Waals surface area (Å²) >= 11 is 0. The van der Waals surface area contributed by atoms with Crippen LogP contribution in [0.25, 0.3) is 210 Å². The zero-order valence-electron chi connectivity index (χ0n) is 70.2. The second kappa shape index (κ2) is 29.0. The van der Waals surface area contributed by atoms with Crippen LogP contribution in [0.5, 0.6) is 0 Å². The Morgan fingerprint density at radius 1 is 0.307 bits per heavy atom. The maximum atomic E-state index is 7.05. The molecular weight excluding hydrogens is 1550 g/mol. The van der Waals surface area contributed by atoms with Gasteiger partial charge in [0.1, 0.15) is 5.84 Å². The second-order valence-electron chi connectivity index (χ2n) is 34.4. The molecule has 0 aliphatic heterocycles. The zero-order chi connectivity index (χ0) is 84.3. The van der Waals surface area contributed by atoms with Crippen LogP contribution >= 0.6 is 0 Å². The Morgan fingerprint density at radius 2 is 0.677 bits per heavy atom. The van der Waals surface area contributed by atoms with Crippen molar-refractivity contribution in [3.63, 3.8) is 0 Å². The zero-order valence-corrected chi connectivity index (χ0v) is 70.2. The van der Waals surface area contributed by atoms with Crippen molar-refractivity contribution in [2.24, 2.45) is 22.1 Å². The first-order valence-electron chi connectivity index (χ1n) is 44.0. The van der Waals surface area contributed by atoms with Gasteiger partial charge in [-0.1, -0.05) is 317 Å². The van der Waals surface area contributed by atoms with Crippen LogP contribution in [0.4, 0.5) is 0 Å². The number of amidine groups is 1. The number of rotatable bonds is 16. The van der Waals surface area contributed by atoms with Crippen LogP contribution in [0.1, 0.15) is 44.0 Å². The number of para-hydroxylation sites is 10. The molecule has 1 aliphatic rings. The predicted octanol–water partition coefficient (Wildman–Crippen LogP) is 28.7. The van der Waals surface area contributed by atoms with Crippen LogP contribution in [0, 0.1) is 11.3 Å². The molecule has 0 bridgehead atoms. The Hall–Kier alpha value is -16.2. The summed E-state index contributed by atoms with van der Waals surface area (Å²) in [5, 5.41) is 14.2. The second-order valence-corrected chi connectivity index (χ2v) is 34.4. The monoisotopic (exact) mass is 1630 g/mol. The summed E-state index contributed by atoms with van der Waals surface area (Å²) < 4.78 is 15.4. The number of nitrogens with zero attached hydrogens (tertiary/aromatic N) is 10. The molecule has 7 heterocycles. The molecule has 11 nitrogen and oxygen atoms in total. The lowest BCUT2D eigenvalue weighted by Crippen LogP contribution is -2.48. The van der Waals surface area contributed by atoms with E-state index in [0.717, 1.165) is 133 Å². The van der Waals surface area contributed by atoms with Gasteiger partial charge in [0.05, 0.1) is 84.2 Å². The Bertz CT molecular complexity index is 8490. The van der Waals surface area contributed by atoms with Gasteiger partial charge in [-0.25, -0.2) is 15.0 Å². The molecule has 17 aromatic carbocycles. The average molecular weight is 1630 g/mol. The molecule has 0 radical (unpaired) electrons. The van der Waals surface area contributed by atoms with Crippen molar-refractivity contribution in [3.05, 3.63) is 418 Å². The van der Waals surface area contributed by atoms with Crippen molar-refractivity contribution < 1.29 is 0 Å². The minimum absolute atomic E-state index is 0.0870. The standard InChI is InChI=1S/C116H83N11/c1-72(2)116(71-122-95-52-22-13-47-88(95)91-51-32-50-81(111(91)122)79-39-31-40-80(65-79)112(117)118-73(3)74-33-7-4-8-34-74)109(126-101-58-28-18-45-86(101)87-46-19-29-59-102(87)126)70-110(116)127-103-60-30-21-49-90(103)93-67-78(62-64-105(93)127)77-61-63-104-92(66-77)89-48-20-27-57-100(89)123(104)106-69-108(125-98-55-25-16-43-84(98)85-44-17-26-56-99(85)125)107(124-96-53-23-14-41-82(96)83-42-15-24-54-97(83)124)68-94(106)115-120-113(75-35-9-5-10-36-75)119-114(121-115)76-37-11-6-12-38-76/h4-70,72-73,109H,71H2,1-3H3,(H2,117,118). The van der Waals surface area contributed by atoms with Crippen LogP contribution in [0.15, 0.2) is 411 Å². The largest absolute Gasteiger partial charge is 0.383 e. The number of nitrogens with two attached hydrogens (primary N) is 1. The van der Waals surface area contributed by atoms with Crippen LogP contribution in [0.2, 0.25) is 0 Å². The highest BCUT2D eigenvalue weighted by molar-refractivity contribution is 6.18. The molecule has 11 heteroatoms. The third-order valence-corrected chi connectivity index (χ3v) is 27.4. The lowest BCUT2D eigenvalue weighted by atomic mass is 9.60. The van der Waals surface area contributed by atoms with E-state index in [1.807, 2.05) is 18.2 Å². The van der Waals surface area contributed by atoms with Crippen LogP contribution in [0.3, 0.4) is 0 Å². The first kappa shape index (κ1) is 73.5. The fraction of sp³-hybridized carbons (Fsp3) is 0.0690. The molecule has 0 spiro atoms. The summed E-state index contributed by atoms with van der Waals surface area (Å²) in [5.41, 5.74) is 33.3. The SMILES string of the molecule is CC(N=C(N)c1cccc(-c2cccc3c4ccccc4n(CC4(C(C)C)C(n5c6ccccc6c6cc(-c7ccc8c(c7)c7ccccc7n8-c7cc(-n8c9ccccc9c9ccccc98)c(-n8c9ccccc9c9ccccc98)cc7-c7nc(-c8ccccc8)nc(-c8ccccc8)n7)ccc65)=CC4n4c5ccccc5c5ccccc54)c23)c1)c1ccccc1. The van der Waals surface area contributed by atoms with Crippen molar-refractivity contribution in [2.75, 3.05) is 0 Å². The van der Waals surface area contributed by atoms with Gasteiger partial charge >= 0.3 is 0 Å². The van der Waals surface area contributed by atoms with E-state index in [-0.39, 0.29) is 18.0 Å². The number of benzene rings is 17. The Morgan fingerprint density at radius 3 is 1.17 bits per heavy atom. The van der Waals surface area contributed by atoms with Crippen molar-refractivity contribution in [1.82, 2.24) is 42.4 Å². The summed E-state index contributed by atoms with van der Waals surface area (Å²) in [6, 6.07) is 146. The van der Waals surface area contributed by atoms with E-state index in [0.29, 0.717) is 29.9 Å². The molecule has 3 unspecified atom stereocenters. The molecule has 3 atom stereocenters. The van der Waals surface area contributed by atoms with E-state index < -0.39 is 5.41 Å². The van der Waals surface area contributed by atoms with E-state index in [4.69, 9.17) is 25.7 Å². The Labute approximate surface area is 732 Å². The van der Waals surface area contributed by atoms with Crippen molar-refractivity contribution in [2.45, 2.75) is 39.4 Å².